The van der Waals surface area contributed by atoms with E-state index < -0.39 is 5.97 Å². The third-order valence-corrected chi connectivity index (χ3v) is 4.50. The summed E-state index contributed by atoms with van der Waals surface area (Å²) >= 11 is 0. The summed E-state index contributed by atoms with van der Waals surface area (Å²) in [6.07, 6.45) is 5.25. The summed E-state index contributed by atoms with van der Waals surface area (Å²) in [5.41, 5.74) is 4.79. The SMILES string of the molecule is O=C1C=CC2=C(c3ccccc3C(=O)O)c3ccc([O-])cc3CC2=C1.[Na+]. The smallest absolute Gasteiger partial charge is 0.872 e. The number of aromatic carboxylic acids is 1. The van der Waals surface area contributed by atoms with Crippen molar-refractivity contribution >= 4 is 17.3 Å². The predicted octanol–water partition coefficient (Wildman–Crippen LogP) is -0.114. The Balaban J connectivity index is 0.00000196. The molecule has 0 heterocycles. The van der Waals surface area contributed by atoms with E-state index in [1.165, 1.54) is 12.1 Å². The van der Waals surface area contributed by atoms with Gasteiger partial charge >= 0.3 is 35.5 Å². The Morgan fingerprint density at radius 2 is 1.81 bits per heavy atom. The summed E-state index contributed by atoms with van der Waals surface area (Å²) < 4.78 is 0. The van der Waals surface area contributed by atoms with E-state index in [1.54, 1.807) is 48.6 Å². The molecule has 26 heavy (non-hydrogen) atoms. The number of fused-ring (bicyclic) bond motifs is 2. The van der Waals surface area contributed by atoms with Crippen molar-refractivity contribution in [3.05, 3.63) is 94.1 Å². The number of carboxylic acid groups (broad SMARTS) is 1. The van der Waals surface area contributed by atoms with Crippen molar-refractivity contribution in [1.29, 1.82) is 0 Å². The number of rotatable bonds is 2. The third kappa shape index (κ3) is 3.07. The van der Waals surface area contributed by atoms with Crippen LogP contribution in [0.3, 0.4) is 0 Å². The molecule has 0 saturated heterocycles. The molecule has 2 aliphatic rings. The molecule has 0 aromatic heterocycles. The first-order valence-corrected chi connectivity index (χ1v) is 7.85. The number of hydrogen-bond donors (Lipinski definition) is 1. The number of hydrogen-bond acceptors (Lipinski definition) is 3. The van der Waals surface area contributed by atoms with Gasteiger partial charge in [0.15, 0.2) is 5.78 Å². The van der Waals surface area contributed by atoms with Crippen LogP contribution in [0.2, 0.25) is 0 Å². The summed E-state index contributed by atoms with van der Waals surface area (Å²) in [4.78, 5) is 23.5. The van der Waals surface area contributed by atoms with Crippen LogP contribution >= 0.6 is 0 Å². The Morgan fingerprint density at radius 1 is 1.04 bits per heavy atom. The number of allylic oxidation sites excluding steroid dienone is 5. The van der Waals surface area contributed by atoms with Crippen LogP contribution in [0, 0.1) is 0 Å². The molecule has 0 bridgehead atoms. The Kier molecular flexibility index (Phi) is 5.01. The molecule has 122 valence electrons. The largest absolute Gasteiger partial charge is 1.00 e. The minimum Gasteiger partial charge on any atom is -0.872 e. The van der Waals surface area contributed by atoms with E-state index in [4.69, 9.17) is 0 Å². The van der Waals surface area contributed by atoms with Crippen LogP contribution in [-0.4, -0.2) is 16.9 Å². The summed E-state index contributed by atoms with van der Waals surface area (Å²) in [7, 11) is 0. The zero-order valence-corrected chi connectivity index (χ0v) is 16.2. The Bertz CT molecular complexity index is 1030. The van der Waals surface area contributed by atoms with Crippen LogP contribution in [-0.2, 0) is 11.2 Å². The van der Waals surface area contributed by atoms with Crippen LogP contribution in [0.4, 0.5) is 0 Å². The molecule has 0 unspecified atom stereocenters. The molecular weight excluding hydrogens is 339 g/mol. The average Bonchev–Trinajstić information content (AvgIpc) is 2.59. The van der Waals surface area contributed by atoms with Crippen LogP contribution in [0.25, 0.3) is 5.57 Å². The van der Waals surface area contributed by atoms with Gasteiger partial charge in [-0.25, -0.2) is 4.79 Å². The van der Waals surface area contributed by atoms with Gasteiger partial charge in [0.05, 0.1) is 5.56 Å². The van der Waals surface area contributed by atoms with Crippen molar-refractivity contribution in [3.8, 4) is 5.75 Å². The van der Waals surface area contributed by atoms with Crippen molar-refractivity contribution in [3.63, 3.8) is 0 Å². The van der Waals surface area contributed by atoms with Crippen molar-refractivity contribution in [2.75, 3.05) is 0 Å². The van der Waals surface area contributed by atoms with Crippen LogP contribution in [0.1, 0.15) is 27.0 Å². The quantitative estimate of drug-likeness (QED) is 0.765. The first-order chi connectivity index (χ1) is 12.0. The molecular formula is C21H13NaO4. The second-order valence-electron chi connectivity index (χ2n) is 6.04. The molecule has 0 amide bonds. The molecule has 0 radical (unpaired) electrons. The molecule has 2 aliphatic carbocycles. The van der Waals surface area contributed by atoms with Gasteiger partial charge in [-0.05, 0) is 58.0 Å². The topological polar surface area (TPSA) is 77.4 Å². The number of carboxylic acids is 1. The molecule has 4 nitrogen and oxygen atoms in total. The van der Waals surface area contributed by atoms with Crippen molar-refractivity contribution in [2.45, 2.75) is 6.42 Å². The van der Waals surface area contributed by atoms with Crippen LogP contribution in [0.15, 0.2) is 71.8 Å². The van der Waals surface area contributed by atoms with Crippen molar-refractivity contribution < 1.29 is 49.4 Å². The van der Waals surface area contributed by atoms with E-state index >= 15 is 0 Å². The standard InChI is InChI=1S/C21H14O4.Na/c22-14-5-7-16-12(10-14)9-13-11-15(23)6-8-17(13)20(16)18-3-1-2-4-19(18)21(24)25;/h1-8,10-11,22H,9H2,(H,24,25);/q;+1/p-1. The average molecular weight is 352 g/mol. The normalized spacial score (nSPS) is 14.9. The first kappa shape index (κ1) is 18.4. The fraction of sp³-hybridized carbons (Fsp3) is 0.0476. The summed E-state index contributed by atoms with van der Waals surface area (Å²) in [5.74, 6) is -1.23. The zero-order valence-electron chi connectivity index (χ0n) is 14.2. The fourth-order valence-electron chi connectivity index (χ4n) is 3.45. The van der Waals surface area contributed by atoms with Gasteiger partial charge in [-0.3, -0.25) is 4.79 Å². The Labute approximate surface area is 172 Å². The second kappa shape index (κ2) is 7.08. The summed E-state index contributed by atoms with van der Waals surface area (Å²) in [6.45, 7) is 0. The number of carbonyl (C=O) groups excluding carboxylic acids is 1. The van der Waals surface area contributed by atoms with E-state index in [1.807, 2.05) is 0 Å². The zero-order chi connectivity index (χ0) is 17.6. The Hall–Kier alpha value is -2.40. The predicted molar refractivity (Wildman–Crippen MR) is 91.2 cm³/mol. The summed E-state index contributed by atoms with van der Waals surface area (Å²) in [5, 5.41) is 21.3. The van der Waals surface area contributed by atoms with E-state index in [2.05, 4.69) is 0 Å². The van der Waals surface area contributed by atoms with E-state index in [0.717, 1.165) is 27.8 Å². The third-order valence-electron chi connectivity index (χ3n) is 4.50. The van der Waals surface area contributed by atoms with Gasteiger partial charge in [0, 0.05) is 0 Å². The second-order valence-corrected chi connectivity index (χ2v) is 6.04. The fourth-order valence-corrected chi connectivity index (χ4v) is 3.45. The van der Waals surface area contributed by atoms with Gasteiger partial charge in [0.25, 0.3) is 0 Å². The number of carbonyl (C=O) groups is 2. The Morgan fingerprint density at radius 3 is 2.58 bits per heavy atom. The van der Waals surface area contributed by atoms with Crippen LogP contribution < -0.4 is 34.7 Å². The molecule has 0 saturated carbocycles. The molecule has 4 rings (SSSR count). The minimum absolute atomic E-state index is 0. The maximum Gasteiger partial charge on any atom is 1.00 e. The van der Waals surface area contributed by atoms with Crippen molar-refractivity contribution in [1.82, 2.24) is 0 Å². The van der Waals surface area contributed by atoms with Crippen molar-refractivity contribution in [2.24, 2.45) is 0 Å². The number of benzene rings is 2. The first-order valence-electron chi connectivity index (χ1n) is 7.85. The molecule has 5 heteroatoms. The van der Waals surface area contributed by atoms with Gasteiger partial charge < -0.3 is 10.2 Å². The minimum atomic E-state index is -1.02. The molecule has 0 aliphatic heterocycles. The van der Waals surface area contributed by atoms with E-state index in [9.17, 15) is 19.8 Å². The monoisotopic (exact) mass is 352 g/mol. The van der Waals surface area contributed by atoms with Gasteiger partial charge in [0.2, 0.25) is 0 Å². The summed E-state index contributed by atoms with van der Waals surface area (Å²) in [6, 6.07) is 11.6. The molecule has 2 aromatic rings. The van der Waals surface area contributed by atoms with E-state index in [0.29, 0.717) is 12.0 Å². The molecule has 0 fully saturated rings. The van der Waals surface area contributed by atoms with Gasteiger partial charge in [-0.15, -0.1) is 5.75 Å². The van der Waals surface area contributed by atoms with Gasteiger partial charge in [-0.2, -0.15) is 0 Å². The van der Waals surface area contributed by atoms with Gasteiger partial charge in [0.1, 0.15) is 0 Å². The van der Waals surface area contributed by atoms with Gasteiger partial charge in [-0.1, -0.05) is 42.5 Å². The maximum absolute atomic E-state index is 11.8. The number of ketones is 1. The molecule has 2 aromatic carbocycles. The molecule has 0 atom stereocenters. The molecule has 1 N–H and O–H groups in total. The van der Waals surface area contributed by atoms with E-state index in [-0.39, 0.29) is 46.7 Å². The maximum atomic E-state index is 11.8. The van der Waals surface area contributed by atoms with Crippen LogP contribution in [0.5, 0.6) is 5.75 Å². The molecule has 0 spiro atoms.